The number of aliphatic hydroxyl groups excluding tert-OH is 1. The van der Waals surface area contributed by atoms with Crippen molar-refractivity contribution in [1.29, 1.82) is 0 Å². The van der Waals surface area contributed by atoms with E-state index in [0.29, 0.717) is 0 Å². The maximum Gasteiger partial charge on any atom is 0.404 e. The number of carbonyl (C=O) groups is 2. The smallest absolute Gasteiger partial charge is 0.404 e. The fourth-order valence-corrected chi connectivity index (χ4v) is 0.379. The zero-order chi connectivity index (χ0) is 8.85. The third kappa shape index (κ3) is 6.59. The van der Waals surface area contributed by atoms with E-state index in [0.717, 1.165) is 6.92 Å². The maximum absolute atomic E-state index is 10.1. The van der Waals surface area contributed by atoms with E-state index in [2.05, 4.69) is 15.2 Å². The van der Waals surface area contributed by atoms with Gasteiger partial charge in [-0.25, -0.2) is 4.79 Å². The van der Waals surface area contributed by atoms with Gasteiger partial charge in [0.1, 0.15) is 0 Å². The van der Waals surface area contributed by atoms with Gasteiger partial charge in [0, 0.05) is 6.92 Å². The van der Waals surface area contributed by atoms with Crippen LogP contribution in [0.2, 0.25) is 0 Å². The van der Waals surface area contributed by atoms with E-state index in [-0.39, 0.29) is 0 Å². The molecule has 0 saturated heterocycles. The summed E-state index contributed by atoms with van der Waals surface area (Å²) in [5.74, 6) is -0.662. The molecule has 1 unspecified atom stereocenters. The van der Waals surface area contributed by atoms with Crippen molar-refractivity contribution in [3.63, 3.8) is 0 Å². The van der Waals surface area contributed by atoms with Gasteiger partial charge < -0.3 is 20.3 Å². The number of hydrogen-bond acceptors (Lipinski definition) is 5. The van der Waals surface area contributed by atoms with Crippen molar-refractivity contribution in [3.05, 3.63) is 0 Å². The molecule has 0 fully saturated rings. The quantitative estimate of drug-likeness (QED) is 0.409. The van der Waals surface area contributed by atoms with E-state index < -0.39 is 25.0 Å². The van der Waals surface area contributed by atoms with Crippen LogP contribution in [0.3, 0.4) is 0 Å². The van der Waals surface area contributed by atoms with Crippen LogP contribution in [-0.4, -0.2) is 30.1 Å². The summed E-state index contributed by atoms with van der Waals surface area (Å²) in [6.45, 7) is 0.669. The standard InChI is InChI=1S/C5H9NO5/c1-3(7)11-4(8)2-10-5(6)9/h4,8H,2H2,1H3,(H2,6,9). The van der Waals surface area contributed by atoms with Gasteiger partial charge in [0.2, 0.25) is 6.29 Å². The van der Waals surface area contributed by atoms with Crippen molar-refractivity contribution in [3.8, 4) is 0 Å². The van der Waals surface area contributed by atoms with Crippen molar-refractivity contribution >= 4 is 12.1 Å². The van der Waals surface area contributed by atoms with Gasteiger partial charge in [0.25, 0.3) is 0 Å². The number of hydrogen-bond donors (Lipinski definition) is 2. The first kappa shape index (κ1) is 9.70. The summed E-state index contributed by atoms with van der Waals surface area (Å²) < 4.78 is 8.30. The van der Waals surface area contributed by atoms with Crippen LogP contribution < -0.4 is 5.73 Å². The van der Waals surface area contributed by atoms with Crippen LogP contribution in [0.4, 0.5) is 4.79 Å². The number of nitrogens with two attached hydrogens (primary N) is 1. The summed E-state index contributed by atoms with van der Waals surface area (Å²) in [5, 5.41) is 8.69. The van der Waals surface area contributed by atoms with Gasteiger partial charge in [-0.2, -0.15) is 0 Å². The lowest BCUT2D eigenvalue weighted by Gasteiger charge is -2.08. The Hall–Kier alpha value is -1.30. The highest BCUT2D eigenvalue weighted by Gasteiger charge is 2.08. The van der Waals surface area contributed by atoms with Gasteiger partial charge >= 0.3 is 12.1 Å². The van der Waals surface area contributed by atoms with Crippen LogP contribution in [0.15, 0.2) is 0 Å². The molecule has 64 valence electrons. The summed E-state index contributed by atoms with van der Waals surface area (Å²) in [5.41, 5.74) is 4.56. The van der Waals surface area contributed by atoms with Gasteiger partial charge in [-0.05, 0) is 0 Å². The molecule has 1 atom stereocenters. The first-order valence-corrected chi connectivity index (χ1v) is 2.80. The average molecular weight is 163 g/mol. The fraction of sp³-hybridized carbons (Fsp3) is 0.600. The monoisotopic (exact) mass is 163 g/mol. The van der Waals surface area contributed by atoms with E-state index in [9.17, 15) is 9.59 Å². The van der Waals surface area contributed by atoms with Crippen molar-refractivity contribution in [1.82, 2.24) is 0 Å². The Bertz CT molecular complexity index is 157. The van der Waals surface area contributed by atoms with E-state index in [1.165, 1.54) is 0 Å². The second-order valence-corrected chi connectivity index (χ2v) is 1.69. The Balaban J connectivity index is 3.44. The molecule has 0 aliphatic rings. The van der Waals surface area contributed by atoms with Gasteiger partial charge in [-0.15, -0.1) is 0 Å². The fourth-order valence-electron chi connectivity index (χ4n) is 0.379. The molecule has 1 amide bonds. The SMILES string of the molecule is CC(=O)OC(O)COC(N)=O. The molecule has 11 heavy (non-hydrogen) atoms. The maximum atomic E-state index is 10.1. The van der Waals surface area contributed by atoms with E-state index in [1.807, 2.05) is 0 Å². The normalized spacial score (nSPS) is 11.8. The summed E-state index contributed by atoms with van der Waals surface area (Å²) in [6.07, 6.45) is -2.48. The molecular formula is C5H9NO5. The molecule has 0 radical (unpaired) electrons. The van der Waals surface area contributed by atoms with E-state index in [4.69, 9.17) is 5.11 Å². The summed E-state index contributed by atoms with van der Waals surface area (Å²) in [6, 6.07) is 0. The third-order valence-corrected chi connectivity index (χ3v) is 0.670. The molecule has 3 N–H and O–H groups in total. The minimum Gasteiger partial charge on any atom is -0.443 e. The Morgan fingerprint density at radius 3 is 2.55 bits per heavy atom. The molecule has 0 bridgehead atoms. The molecule has 0 aromatic carbocycles. The van der Waals surface area contributed by atoms with E-state index in [1.54, 1.807) is 0 Å². The van der Waals surface area contributed by atoms with Crippen LogP contribution in [0.5, 0.6) is 0 Å². The molecule has 6 nitrogen and oxygen atoms in total. The van der Waals surface area contributed by atoms with Crippen molar-refractivity contribution < 1.29 is 24.2 Å². The molecule has 0 aromatic rings. The third-order valence-electron chi connectivity index (χ3n) is 0.670. The van der Waals surface area contributed by atoms with Crippen LogP contribution in [0.25, 0.3) is 0 Å². The summed E-state index contributed by atoms with van der Waals surface area (Å²) >= 11 is 0. The average Bonchev–Trinajstić information content (AvgIpc) is 1.82. The molecule has 0 aliphatic carbocycles. The molecule has 0 rings (SSSR count). The van der Waals surface area contributed by atoms with Crippen molar-refractivity contribution in [2.45, 2.75) is 13.2 Å². The second-order valence-electron chi connectivity index (χ2n) is 1.69. The molecule has 0 spiro atoms. The topological polar surface area (TPSA) is 98.8 Å². The first-order chi connectivity index (χ1) is 5.02. The number of esters is 1. The number of ether oxygens (including phenoxy) is 2. The van der Waals surface area contributed by atoms with Crippen molar-refractivity contribution in [2.75, 3.05) is 6.61 Å². The first-order valence-electron chi connectivity index (χ1n) is 2.80. The van der Waals surface area contributed by atoms with Gasteiger partial charge in [0.05, 0.1) is 0 Å². The van der Waals surface area contributed by atoms with Crippen molar-refractivity contribution in [2.24, 2.45) is 5.73 Å². The predicted molar refractivity (Wildman–Crippen MR) is 33.3 cm³/mol. The lowest BCUT2D eigenvalue weighted by molar-refractivity contribution is -0.170. The number of rotatable bonds is 3. The number of carbonyl (C=O) groups excluding carboxylic acids is 2. The van der Waals surface area contributed by atoms with Gasteiger partial charge in [-0.3, -0.25) is 4.79 Å². The predicted octanol–water partition coefficient (Wildman–Crippen LogP) is -1.04. The number of primary amides is 1. The summed E-state index contributed by atoms with van der Waals surface area (Å²) in [4.78, 5) is 20.1. The second kappa shape index (κ2) is 4.51. The minimum absolute atomic E-state index is 0.449. The lowest BCUT2D eigenvalue weighted by atomic mass is 10.7. The van der Waals surface area contributed by atoms with Gasteiger partial charge in [0.15, 0.2) is 6.61 Å². The van der Waals surface area contributed by atoms with Crippen LogP contribution in [0, 0.1) is 0 Å². The zero-order valence-electron chi connectivity index (χ0n) is 5.94. The largest absolute Gasteiger partial charge is 0.443 e. The Morgan fingerprint density at radius 1 is 1.64 bits per heavy atom. The zero-order valence-corrected chi connectivity index (χ0v) is 5.94. The molecule has 0 heterocycles. The molecule has 6 heteroatoms. The molecular weight excluding hydrogens is 154 g/mol. The Labute approximate surface area is 62.9 Å². The molecule has 0 aromatic heterocycles. The number of aliphatic hydroxyl groups is 1. The Kier molecular flexibility index (Phi) is 3.97. The minimum atomic E-state index is -1.44. The Morgan fingerprint density at radius 2 is 2.18 bits per heavy atom. The van der Waals surface area contributed by atoms with Crippen LogP contribution >= 0.6 is 0 Å². The molecule has 0 aliphatic heterocycles. The van der Waals surface area contributed by atoms with E-state index >= 15 is 0 Å². The van der Waals surface area contributed by atoms with Crippen LogP contribution in [0.1, 0.15) is 6.92 Å². The number of amides is 1. The highest BCUT2D eigenvalue weighted by atomic mass is 16.7. The highest BCUT2D eigenvalue weighted by Crippen LogP contribution is 1.88. The molecule has 0 saturated carbocycles. The summed E-state index contributed by atoms with van der Waals surface area (Å²) in [7, 11) is 0. The van der Waals surface area contributed by atoms with Gasteiger partial charge in [-0.1, -0.05) is 0 Å². The highest BCUT2D eigenvalue weighted by molar-refractivity contribution is 5.66. The van der Waals surface area contributed by atoms with Crippen LogP contribution in [-0.2, 0) is 14.3 Å². The lowest BCUT2D eigenvalue weighted by Crippen LogP contribution is -2.25.